The second-order valence-electron chi connectivity index (χ2n) is 7.57. The molecule has 3 aromatic rings. The number of anilines is 1. The van der Waals surface area contributed by atoms with Crippen molar-refractivity contribution in [3.63, 3.8) is 0 Å². The van der Waals surface area contributed by atoms with Crippen molar-refractivity contribution in [3.05, 3.63) is 60.0 Å². The normalized spacial score (nSPS) is 16.9. The molecular weight excluding hydrogens is 366 g/mol. The second-order valence-corrected chi connectivity index (χ2v) is 7.57. The highest BCUT2D eigenvalue weighted by atomic mass is 16.5. The molecule has 1 atom stereocenters. The number of amides is 1. The number of fused-ring (bicyclic) bond motifs is 1. The van der Waals surface area contributed by atoms with Crippen molar-refractivity contribution in [2.75, 3.05) is 31.1 Å². The van der Waals surface area contributed by atoms with Crippen LogP contribution in [0.1, 0.15) is 36.0 Å². The molecule has 1 fully saturated rings. The fourth-order valence-electron chi connectivity index (χ4n) is 3.41. The molecule has 0 aliphatic carbocycles. The monoisotopic (exact) mass is 391 g/mol. The predicted octanol–water partition coefficient (Wildman–Crippen LogP) is 2.99. The number of carbonyl (C=O) groups excluding carboxylic acids is 1. The Morgan fingerprint density at radius 2 is 2.03 bits per heavy atom. The minimum atomic E-state index is -0.256. The summed E-state index contributed by atoms with van der Waals surface area (Å²) in [6, 6.07) is 11.4. The van der Waals surface area contributed by atoms with Crippen molar-refractivity contribution in [2.45, 2.75) is 20.0 Å². The number of nitrogens with zero attached hydrogens (tertiary/aromatic N) is 4. The lowest BCUT2D eigenvalue weighted by atomic mass is 10.0. The van der Waals surface area contributed by atoms with Crippen LogP contribution in [0, 0.1) is 5.92 Å². The molecular formula is C22H25N5O2. The van der Waals surface area contributed by atoms with Gasteiger partial charge in [0.2, 0.25) is 5.95 Å². The average molecular weight is 391 g/mol. The number of carbonyl (C=O) groups is 1. The van der Waals surface area contributed by atoms with Crippen LogP contribution in [0.4, 0.5) is 5.95 Å². The molecule has 7 heteroatoms. The topological polar surface area (TPSA) is 80.2 Å². The summed E-state index contributed by atoms with van der Waals surface area (Å²) < 4.78 is 6.01. The van der Waals surface area contributed by atoms with Crippen LogP contribution < -0.4 is 10.2 Å². The molecule has 4 rings (SSSR count). The van der Waals surface area contributed by atoms with Gasteiger partial charge in [-0.15, -0.1) is 0 Å². The van der Waals surface area contributed by atoms with Gasteiger partial charge in [0.15, 0.2) is 0 Å². The first-order valence-electron chi connectivity index (χ1n) is 9.93. The molecule has 1 aliphatic heterocycles. The van der Waals surface area contributed by atoms with Gasteiger partial charge in [-0.05, 0) is 24.1 Å². The summed E-state index contributed by atoms with van der Waals surface area (Å²) in [5, 5.41) is 3.86. The molecule has 0 unspecified atom stereocenters. The van der Waals surface area contributed by atoms with E-state index in [1.807, 2.05) is 30.3 Å². The Bertz CT molecular complexity index is 993. The smallest absolute Gasteiger partial charge is 0.252 e. The molecule has 1 aromatic carbocycles. The van der Waals surface area contributed by atoms with Crippen LogP contribution in [-0.4, -0.2) is 47.1 Å². The van der Waals surface area contributed by atoms with Crippen molar-refractivity contribution in [2.24, 2.45) is 5.92 Å². The van der Waals surface area contributed by atoms with Crippen LogP contribution in [0.15, 0.2) is 48.8 Å². The van der Waals surface area contributed by atoms with Gasteiger partial charge in [-0.3, -0.25) is 4.79 Å². The fraction of sp³-hybridized carbons (Fsp3) is 0.364. The Morgan fingerprint density at radius 3 is 2.83 bits per heavy atom. The largest absolute Gasteiger partial charge is 0.368 e. The molecule has 0 spiro atoms. The number of benzene rings is 1. The molecule has 1 aliphatic rings. The molecule has 0 saturated carbocycles. The van der Waals surface area contributed by atoms with E-state index >= 15 is 0 Å². The van der Waals surface area contributed by atoms with E-state index in [1.54, 1.807) is 18.5 Å². The Kier molecular flexibility index (Phi) is 5.67. The molecule has 2 aromatic heterocycles. The van der Waals surface area contributed by atoms with E-state index in [1.165, 1.54) is 0 Å². The van der Waals surface area contributed by atoms with Crippen LogP contribution in [0.2, 0.25) is 0 Å². The fourth-order valence-corrected chi connectivity index (χ4v) is 3.41. The van der Waals surface area contributed by atoms with Crippen molar-refractivity contribution >= 4 is 22.8 Å². The summed E-state index contributed by atoms with van der Waals surface area (Å²) in [7, 11) is 0. The SMILES string of the molecule is CC(C)CNC(=O)c1cc([C@@H]2CN(c3ncccn3)CCO2)nc2ccccc12. The first-order valence-corrected chi connectivity index (χ1v) is 9.93. The third-order valence-electron chi connectivity index (χ3n) is 4.88. The van der Waals surface area contributed by atoms with Gasteiger partial charge in [-0.2, -0.15) is 0 Å². The van der Waals surface area contributed by atoms with Crippen LogP contribution in [0.3, 0.4) is 0 Å². The average Bonchev–Trinajstić information content (AvgIpc) is 2.77. The van der Waals surface area contributed by atoms with Crippen LogP contribution in [-0.2, 0) is 4.74 Å². The third-order valence-corrected chi connectivity index (χ3v) is 4.88. The molecule has 1 saturated heterocycles. The zero-order valence-electron chi connectivity index (χ0n) is 16.7. The van der Waals surface area contributed by atoms with Gasteiger partial charge >= 0.3 is 0 Å². The summed E-state index contributed by atoms with van der Waals surface area (Å²) in [4.78, 5) is 28.4. The van der Waals surface area contributed by atoms with Crippen molar-refractivity contribution in [1.29, 1.82) is 0 Å². The van der Waals surface area contributed by atoms with E-state index in [0.29, 0.717) is 37.1 Å². The van der Waals surface area contributed by atoms with Crippen LogP contribution >= 0.6 is 0 Å². The molecule has 0 bridgehead atoms. The van der Waals surface area contributed by atoms with Crippen LogP contribution in [0.25, 0.3) is 10.9 Å². The van der Waals surface area contributed by atoms with Crippen molar-refractivity contribution in [1.82, 2.24) is 20.3 Å². The molecule has 7 nitrogen and oxygen atoms in total. The maximum absolute atomic E-state index is 12.9. The molecule has 3 heterocycles. The number of ether oxygens (including phenoxy) is 1. The highest BCUT2D eigenvalue weighted by molar-refractivity contribution is 6.06. The lowest BCUT2D eigenvalue weighted by Crippen LogP contribution is -2.39. The quantitative estimate of drug-likeness (QED) is 0.720. The minimum Gasteiger partial charge on any atom is -0.368 e. The van der Waals surface area contributed by atoms with Crippen molar-refractivity contribution in [3.8, 4) is 0 Å². The number of hydrogen-bond donors (Lipinski definition) is 1. The minimum absolute atomic E-state index is 0.0855. The first kappa shape index (κ1) is 19.3. The highest BCUT2D eigenvalue weighted by Gasteiger charge is 2.26. The Labute approximate surface area is 170 Å². The molecule has 29 heavy (non-hydrogen) atoms. The second kappa shape index (κ2) is 8.53. The van der Waals surface area contributed by atoms with E-state index in [9.17, 15) is 4.79 Å². The van der Waals surface area contributed by atoms with Gasteiger partial charge < -0.3 is 15.0 Å². The van der Waals surface area contributed by atoms with Gasteiger partial charge in [-0.25, -0.2) is 15.0 Å². The molecule has 1 N–H and O–H groups in total. The summed E-state index contributed by atoms with van der Waals surface area (Å²) in [5.41, 5.74) is 2.17. The van der Waals surface area contributed by atoms with E-state index in [0.717, 1.165) is 23.1 Å². The first-order chi connectivity index (χ1) is 14.1. The Hall–Kier alpha value is -3.06. The van der Waals surface area contributed by atoms with Gasteiger partial charge in [0.25, 0.3) is 5.91 Å². The zero-order valence-corrected chi connectivity index (χ0v) is 16.7. The number of nitrogens with one attached hydrogen (secondary N) is 1. The molecule has 150 valence electrons. The maximum atomic E-state index is 12.9. The van der Waals surface area contributed by atoms with Gasteiger partial charge in [0.1, 0.15) is 6.10 Å². The van der Waals surface area contributed by atoms with E-state index in [2.05, 4.69) is 34.0 Å². The number of morpholine rings is 1. The summed E-state index contributed by atoms with van der Waals surface area (Å²) >= 11 is 0. The lowest BCUT2D eigenvalue weighted by Gasteiger charge is -2.32. The summed E-state index contributed by atoms with van der Waals surface area (Å²) in [5.74, 6) is 0.974. The van der Waals surface area contributed by atoms with Gasteiger partial charge in [0.05, 0.1) is 29.9 Å². The van der Waals surface area contributed by atoms with Crippen molar-refractivity contribution < 1.29 is 9.53 Å². The Balaban J connectivity index is 1.65. The third kappa shape index (κ3) is 4.35. The molecule has 1 amide bonds. The summed E-state index contributed by atoms with van der Waals surface area (Å²) in [6.45, 7) is 6.63. The highest BCUT2D eigenvalue weighted by Crippen LogP contribution is 2.27. The van der Waals surface area contributed by atoms with Crippen LogP contribution in [0.5, 0.6) is 0 Å². The number of hydrogen-bond acceptors (Lipinski definition) is 6. The van der Waals surface area contributed by atoms with Gasteiger partial charge in [-0.1, -0.05) is 32.0 Å². The van der Waals surface area contributed by atoms with E-state index in [4.69, 9.17) is 9.72 Å². The maximum Gasteiger partial charge on any atom is 0.252 e. The number of pyridine rings is 1. The van der Waals surface area contributed by atoms with E-state index < -0.39 is 0 Å². The molecule has 0 radical (unpaired) electrons. The number of rotatable bonds is 5. The number of para-hydroxylation sites is 1. The standard InChI is InChI=1S/C22H25N5O2/c1-15(2)13-25-21(28)17-12-19(26-18-7-4-3-6-16(17)18)20-14-27(10-11-29-20)22-23-8-5-9-24-22/h3-9,12,15,20H,10-11,13-14H2,1-2H3,(H,25,28)/t20-/m0/s1. The van der Waals surface area contributed by atoms with Gasteiger partial charge in [0, 0.05) is 30.9 Å². The zero-order chi connectivity index (χ0) is 20.2. The lowest BCUT2D eigenvalue weighted by molar-refractivity contribution is 0.0366. The Morgan fingerprint density at radius 1 is 1.24 bits per heavy atom. The van der Waals surface area contributed by atoms with E-state index in [-0.39, 0.29) is 12.0 Å². The number of aromatic nitrogens is 3. The predicted molar refractivity (Wildman–Crippen MR) is 112 cm³/mol. The summed E-state index contributed by atoms with van der Waals surface area (Å²) in [6.07, 6.45) is 3.21.